The molecule has 1 aliphatic heterocycles. The number of likely N-dealkylation sites (tertiary alicyclic amines) is 1. The van der Waals surface area contributed by atoms with Crippen molar-refractivity contribution in [2.75, 3.05) is 13.1 Å². The molecule has 0 radical (unpaired) electrons. The van der Waals surface area contributed by atoms with Crippen LogP contribution in [0.5, 0.6) is 0 Å². The number of non-ortho nitro benzene ring substituents is 1. The third-order valence-electron chi connectivity index (χ3n) is 2.90. The second-order valence-electron chi connectivity index (χ2n) is 4.22. The van der Waals surface area contributed by atoms with Crippen LogP contribution < -0.4 is 5.73 Å². The summed E-state index contributed by atoms with van der Waals surface area (Å²) < 4.78 is 13.5. The van der Waals surface area contributed by atoms with Crippen LogP contribution in [0.3, 0.4) is 0 Å². The van der Waals surface area contributed by atoms with Gasteiger partial charge < -0.3 is 10.6 Å². The summed E-state index contributed by atoms with van der Waals surface area (Å²) in [4.78, 5) is 23.3. The average Bonchev–Trinajstić information content (AvgIpc) is 2.75. The van der Waals surface area contributed by atoms with E-state index in [-0.39, 0.29) is 17.3 Å². The van der Waals surface area contributed by atoms with E-state index < -0.39 is 16.6 Å². The van der Waals surface area contributed by atoms with E-state index in [0.29, 0.717) is 19.5 Å². The number of rotatable bonds is 2. The first-order valence-electron chi connectivity index (χ1n) is 5.48. The molecule has 1 aliphatic rings. The second-order valence-corrected chi connectivity index (χ2v) is 4.22. The van der Waals surface area contributed by atoms with Gasteiger partial charge in [0.15, 0.2) is 0 Å². The minimum Gasteiger partial charge on any atom is -0.337 e. The molecular formula is C11H12FN3O3. The fraction of sp³-hybridized carbons (Fsp3) is 0.364. The van der Waals surface area contributed by atoms with Gasteiger partial charge in [0, 0.05) is 31.3 Å². The van der Waals surface area contributed by atoms with Gasteiger partial charge in [0.05, 0.1) is 10.5 Å². The minimum atomic E-state index is -0.758. The van der Waals surface area contributed by atoms with Crippen molar-refractivity contribution in [3.63, 3.8) is 0 Å². The Labute approximate surface area is 102 Å². The Morgan fingerprint density at radius 3 is 2.83 bits per heavy atom. The summed E-state index contributed by atoms with van der Waals surface area (Å²) in [7, 11) is 0. The highest BCUT2D eigenvalue weighted by Crippen LogP contribution is 2.20. The van der Waals surface area contributed by atoms with Crippen molar-refractivity contribution in [3.8, 4) is 0 Å². The van der Waals surface area contributed by atoms with Crippen molar-refractivity contribution >= 4 is 11.6 Å². The molecule has 18 heavy (non-hydrogen) atoms. The number of carbonyl (C=O) groups excluding carboxylic acids is 1. The summed E-state index contributed by atoms with van der Waals surface area (Å²) in [5, 5.41) is 10.6. The van der Waals surface area contributed by atoms with E-state index in [4.69, 9.17) is 5.73 Å². The summed E-state index contributed by atoms with van der Waals surface area (Å²) in [5.74, 6) is -1.31. The zero-order valence-electron chi connectivity index (χ0n) is 9.51. The standard InChI is InChI=1S/C11H12FN3O3/c12-10-2-1-8(15(17)18)5-9(10)11(16)14-4-3-7(13)6-14/h1-2,5,7H,3-4,6,13H2/t7-/m0/s1. The first-order valence-corrected chi connectivity index (χ1v) is 5.48. The van der Waals surface area contributed by atoms with Crippen LogP contribution in [0.25, 0.3) is 0 Å². The Morgan fingerprint density at radius 1 is 1.56 bits per heavy atom. The summed E-state index contributed by atoms with van der Waals surface area (Å²) in [6.07, 6.45) is 0.655. The van der Waals surface area contributed by atoms with E-state index in [1.807, 2.05) is 0 Å². The van der Waals surface area contributed by atoms with Crippen molar-refractivity contribution in [2.45, 2.75) is 12.5 Å². The maximum atomic E-state index is 13.5. The fourth-order valence-corrected chi connectivity index (χ4v) is 1.93. The molecule has 0 aliphatic carbocycles. The summed E-state index contributed by atoms with van der Waals surface area (Å²) in [6.45, 7) is 0.795. The normalized spacial score (nSPS) is 19.0. The topological polar surface area (TPSA) is 89.5 Å². The van der Waals surface area contributed by atoms with Crippen LogP contribution in [-0.4, -0.2) is 34.9 Å². The van der Waals surface area contributed by atoms with Crippen molar-refractivity contribution in [2.24, 2.45) is 5.73 Å². The molecule has 2 N–H and O–H groups in total. The molecular weight excluding hydrogens is 241 g/mol. The smallest absolute Gasteiger partial charge is 0.270 e. The molecule has 1 heterocycles. The third-order valence-corrected chi connectivity index (χ3v) is 2.90. The Kier molecular flexibility index (Phi) is 3.24. The van der Waals surface area contributed by atoms with Crippen LogP contribution in [-0.2, 0) is 0 Å². The summed E-state index contributed by atoms with van der Waals surface area (Å²) >= 11 is 0. The molecule has 0 bridgehead atoms. The fourth-order valence-electron chi connectivity index (χ4n) is 1.93. The molecule has 1 fully saturated rings. The molecule has 1 aromatic carbocycles. The number of nitrogens with zero attached hydrogens (tertiary/aromatic N) is 2. The maximum absolute atomic E-state index is 13.5. The molecule has 0 unspecified atom stereocenters. The minimum absolute atomic E-state index is 0.115. The number of nitro groups is 1. The molecule has 1 saturated heterocycles. The first kappa shape index (κ1) is 12.4. The number of nitrogens with two attached hydrogens (primary N) is 1. The number of hydrogen-bond donors (Lipinski definition) is 1. The molecule has 96 valence electrons. The van der Waals surface area contributed by atoms with Crippen LogP contribution in [0.1, 0.15) is 16.8 Å². The lowest BCUT2D eigenvalue weighted by molar-refractivity contribution is -0.384. The van der Waals surface area contributed by atoms with Crippen molar-refractivity contribution in [3.05, 3.63) is 39.7 Å². The summed E-state index contributed by atoms with van der Waals surface area (Å²) in [5.41, 5.74) is 5.08. The van der Waals surface area contributed by atoms with Gasteiger partial charge in [-0.1, -0.05) is 0 Å². The molecule has 1 aromatic rings. The largest absolute Gasteiger partial charge is 0.337 e. The predicted octanol–water partition coefficient (Wildman–Crippen LogP) is 0.907. The highest BCUT2D eigenvalue weighted by atomic mass is 19.1. The number of carbonyl (C=O) groups is 1. The van der Waals surface area contributed by atoms with E-state index in [1.54, 1.807) is 0 Å². The number of halogens is 1. The van der Waals surface area contributed by atoms with Gasteiger partial charge in [0.25, 0.3) is 11.6 Å². The van der Waals surface area contributed by atoms with Crippen LogP contribution in [0.15, 0.2) is 18.2 Å². The first-order chi connectivity index (χ1) is 8.49. The highest BCUT2D eigenvalue weighted by molar-refractivity contribution is 5.95. The van der Waals surface area contributed by atoms with Crippen molar-refractivity contribution in [1.29, 1.82) is 0 Å². The molecule has 0 aromatic heterocycles. The van der Waals surface area contributed by atoms with Gasteiger partial charge in [0.2, 0.25) is 0 Å². The predicted molar refractivity (Wildman–Crippen MR) is 61.6 cm³/mol. The van der Waals surface area contributed by atoms with E-state index in [9.17, 15) is 19.3 Å². The molecule has 0 spiro atoms. The van der Waals surface area contributed by atoms with Crippen LogP contribution in [0.2, 0.25) is 0 Å². The van der Waals surface area contributed by atoms with Gasteiger partial charge in [0.1, 0.15) is 5.82 Å². The lowest BCUT2D eigenvalue weighted by Gasteiger charge is -2.15. The van der Waals surface area contributed by atoms with E-state index in [0.717, 1.165) is 18.2 Å². The van der Waals surface area contributed by atoms with Gasteiger partial charge in [-0.25, -0.2) is 4.39 Å². The zero-order chi connectivity index (χ0) is 13.3. The van der Waals surface area contributed by atoms with Crippen LogP contribution in [0.4, 0.5) is 10.1 Å². The molecule has 7 heteroatoms. The van der Waals surface area contributed by atoms with Gasteiger partial charge in [-0.2, -0.15) is 0 Å². The molecule has 6 nitrogen and oxygen atoms in total. The Hall–Kier alpha value is -2.02. The summed E-state index contributed by atoms with van der Waals surface area (Å²) in [6, 6.07) is 2.81. The van der Waals surface area contributed by atoms with Gasteiger partial charge in [-0.3, -0.25) is 14.9 Å². The molecule has 2 rings (SSSR count). The quantitative estimate of drug-likeness (QED) is 0.626. The van der Waals surface area contributed by atoms with E-state index in [2.05, 4.69) is 0 Å². The lowest BCUT2D eigenvalue weighted by atomic mass is 10.1. The van der Waals surface area contributed by atoms with Crippen LogP contribution in [0, 0.1) is 15.9 Å². The SMILES string of the molecule is N[C@H]1CCN(C(=O)c2cc([N+](=O)[O-])ccc2F)C1. The molecule has 1 atom stereocenters. The van der Waals surface area contributed by atoms with Crippen molar-refractivity contribution < 1.29 is 14.1 Å². The third kappa shape index (κ3) is 2.30. The van der Waals surface area contributed by atoms with Gasteiger partial charge in [-0.15, -0.1) is 0 Å². The second kappa shape index (κ2) is 4.69. The molecule has 1 amide bonds. The van der Waals surface area contributed by atoms with E-state index >= 15 is 0 Å². The van der Waals surface area contributed by atoms with Crippen LogP contribution >= 0.6 is 0 Å². The number of nitro benzene ring substituents is 1. The van der Waals surface area contributed by atoms with E-state index in [1.165, 1.54) is 4.90 Å². The number of amides is 1. The molecule has 0 saturated carbocycles. The monoisotopic (exact) mass is 253 g/mol. The van der Waals surface area contributed by atoms with Crippen molar-refractivity contribution in [1.82, 2.24) is 4.90 Å². The number of benzene rings is 1. The Morgan fingerprint density at radius 2 is 2.28 bits per heavy atom. The lowest BCUT2D eigenvalue weighted by Crippen LogP contribution is -2.32. The Balaban J connectivity index is 2.29. The highest BCUT2D eigenvalue weighted by Gasteiger charge is 2.27. The van der Waals surface area contributed by atoms with Gasteiger partial charge >= 0.3 is 0 Å². The average molecular weight is 253 g/mol. The maximum Gasteiger partial charge on any atom is 0.270 e. The zero-order valence-corrected chi connectivity index (χ0v) is 9.51. The number of hydrogen-bond acceptors (Lipinski definition) is 4. The van der Waals surface area contributed by atoms with Gasteiger partial charge in [-0.05, 0) is 12.5 Å². The Bertz CT molecular complexity index is 506.